The number of nitrogens with zero attached hydrogens (tertiary/aromatic N) is 2. The first-order valence-electron chi connectivity index (χ1n) is 9.92. The fraction of sp³-hybridized carbons (Fsp3) is 0.364. The van der Waals surface area contributed by atoms with E-state index in [-0.39, 0.29) is 11.9 Å². The second-order valence-electron chi connectivity index (χ2n) is 6.94. The second-order valence-corrected chi connectivity index (χ2v) is 6.94. The molecule has 0 bridgehead atoms. The Morgan fingerprint density at radius 2 is 1.72 bits per heavy atom. The molecular formula is C22H28N4O3. The number of hydrogen-bond donors (Lipinski definition) is 2. The van der Waals surface area contributed by atoms with Gasteiger partial charge in [0.25, 0.3) is 5.91 Å². The third kappa shape index (κ3) is 5.96. The van der Waals surface area contributed by atoms with E-state index in [1.807, 2.05) is 25.2 Å². The summed E-state index contributed by atoms with van der Waals surface area (Å²) >= 11 is 0. The van der Waals surface area contributed by atoms with Gasteiger partial charge in [0.1, 0.15) is 0 Å². The van der Waals surface area contributed by atoms with Crippen molar-refractivity contribution in [1.82, 2.24) is 10.2 Å². The van der Waals surface area contributed by atoms with Crippen LogP contribution in [0.3, 0.4) is 0 Å². The van der Waals surface area contributed by atoms with Crippen LogP contribution in [0.25, 0.3) is 0 Å². The summed E-state index contributed by atoms with van der Waals surface area (Å²) in [5, 5.41) is 5.67. The predicted molar refractivity (Wildman–Crippen MR) is 115 cm³/mol. The van der Waals surface area contributed by atoms with E-state index < -0.39 is 0 Å². The summed E-state index contributed by atoms with van der Waals surface area (Å²) in [5.74, 6) is -0.0892. The lowest BCUT2D eigenvalue weighted by Gasteiger charge is -2.27. The lowest BCUT2D eigenvalue weighted by Crippen LogP contribution is -2.41. The molecule has 0 aromatic heterocycles. The third-order valence-electron chi connectivity index (χ3n) is 4.86. The number of carbonyl (C=O) groups excluding carboxylic acids is 2. The number of anilines is 2. The molecule has 3 rings (SSSR count). The maximum absolute atomic E-state index is 12.8. The van der Waals surface area contributed by atoms with Gasteiger partial charge in [0.05, 0.1) is 24.5 Å². The first-order valence-corrected chi connectivity index (χ1v) is 9.92. The molecule has 29 heavy (non-hydrogen) atoms. The van der Waals surface area contributed by atoms with Crippen molar-refractivity contribution in [3.05, 3.63) is 60.2 Å². The number of rotatable bonds is 7. The first-order chi connectivity index (χ1) is 14.1. The van der Waals surface area contributed by atoms with Crippen molar-refractivity contribution >= 4 is 23.3 Å². The highest BCUT2D eigenvalue weighted by molar-refractivity contribution is 6.03. The summed E-state index contributed by atoms with van der Waals surface area (Å²) in [7, 11) is 2.03. The number of nitrogens with one attached hydrogen (secondary N) is 2. The number of carbonyl (C=O) groups is 2. The zero-order valence-corrected chi connectivity index (χ0v) is 16.8. The Morgan fingerprint density at radius 3 is 2.48 bits per heavy atom. The molecule has 1 fully saturated rings. The van der Waals surface area contributed by atoms with Crippen LogP contribution >= 0.6 is 0 Å². The number of urea groups is 1. The number of hydrogen-bond acceptors (Lipinski definition) is 4. The van der Waals surface area contributed by atoms with Crippen molar-refractivity contribution in [3.63, 3.8) is 0 Å². The largest absolute Gasteiger partial charge is 0.378 e. The Hall–Kier alpha value is -3.06. The average Bonchev–Trinajstić information content (AvgIpc) is 2.77. The van der Waals surface area contributed by atoms with Crippen molar-refractivity contribution in [1.29, 1.82) is 0 Å². The molecule has 7 nitrogen and oxygen atoms in total. The van der Waals surface area contributed by atoms with E-state index in [9.17, 15) is 9.59 Å². The van der Waals surface area contributed by atoms with E-state index in [1.165, 1.54) is 0 Å². The normalized spacial score (nSPS) is 13.6. The van der Waals surface area contributed by atoms with Crippen molar-refractivity contribution in [2.24, 2.45) is 0 Å². The van der Waals surface area contributed by atoms with Crippen molar-refractivity contribution in [2.45, 2.75) is 6.42 Å². The molecular weight excluding hydrogens is 368 g/mol. The number of morpholine rings is 1. The molecule has 1 heterocycles. The Bertz CT molecular complexity index is 807. The molecule has 3 amide bonds. The van der Waals surface area contributed by atoms with Crippen LogP contribution in [0.2, 0.25) is 0 Å². The predicted octanol–water partition coefficient (Wildman–Crippen LogP) is 2.81. The fourth-order valence-corrected chi connectivity index (χ4v) is 3.21. The molecule has 154 valence electrons. The third-order valence-corrected chi connectivity index (χ3v) is 4.86. The van der Waals surface area contributed by atoms with Gasteiger partial charge in [-0.3, -0.25) is 4.79 Å². The molecule has 1 aliphatic heterocycles. The van der Waals surface area contributed by atoms with Gasteiger partial charge in [0, 0.05) is 38.9 Å². The summed E-state index contributed by atoms with van der Waals surface area (Å²) in [5.41, 5.74) is 2.16. The molecule has 0 unspecified atom stereocenters. The number of para-hydroxylation sites is 2. The second kappa shape index (κ2) is 10.5. The van der Waals surface area contributed by atoms with Gasteiger partial charge in [-0.05, 0) is 30.7 Å². The van der Waals surface area contributed by atoms with E-state index in [0.717, 1.165) is 18.7 Å². The fourth-order valence-electron chi connectivity index (χ4n) is 3.21. The van der Waals surface area contributed by atoms with E-state index in [2.05, 4.69) is 27.7 Å². The molecule has 0 atom stereocenters. The molecule has 0 aliphatic carbocycles. The molecule has 2 aromatic rings. The number of amides is 3. The molecule has 2 N–H and O–H groups in total. The minimum atomic E-state index is -0.311. The molecule has 0 spiro atoms. The zero-order chi connectivity index (χ0) is 20.5. The monoisotopic (exact) mass is 396 g/mol. The van der Waals surface area contributed by atoms with E-state index in [4.69, 9.17) is 4.74 Å². The smallest absolute Gasteiger partial charge is 0.319 e. The van der Waals surface area contributed by atoms with Crippen LogP contribution in [0, 0.1) is 0 Å². The van der Waals surface area contributed by atoms with Gasteiger partial charge in [0.15, 0.2) is 0 Å². The lowest BCUT2D eigenvalue weighted by molar-refractivity contribution is 0.0303. The Balaban J connectivity index is 1.47. The van der Waals surface area contributed by atoms with Gasteiger partial charge in [-0.15, -0.1) is 0 Å². The molecule has 1 aliphatic rings. The molecule has 0 saturated carbocycles. The number of benzene rings is 2. The van der Waals surface area contributed by atoms with Crippen LogP contribution in [-0.2, 0) is 4.74 Å². The minimum absolute atomic E-state index is 0.0892. The Kier molecular flexibility index (Phi) is 7.47. The van der Waals surface area contributed by atoms with Crippen molar-refractivity contribution in [2.75, 3.05) is 56.7 Å². The first kappa shape index (κ1) is 20.7. The minimum Gasteiger partial charge on any atom is -0.378 e. The Labute approximate surface area is 171 Å². The van der Waals surface area contributed by atoms with Gasteiger partial charge in [0.2, 0.25) is 0 Å². The van der Waals surface area contributed by atoms with Gasteiger partial charge in [-0.2, -0.15) is 0 Å². The van der Waals surface area contributed by atoms with Crippen LogP contribution in [-0.4, -0.2) is 63.3 Å². The number of ether oxygens (including phenoxy) is 1. The molecule has 1 saturated heterocycles. The SMILES string of the molecule is CN(CCCNC(=O)Nc1ccccc1C(=O)N1CCOCC1)c1ccccc1. The molecule has 0 radical (unpaired) electrons. The van der Waals surface area contributed by atoms with Crippen LogP contribution in [0.1, 0.15) is 16.8 Å². The molecule has 2 aromatic carbocycles. The summed E-state index contributed by atoms with van der Waals surface area (Å²) in [6.45, 7) is 3.58. The average molecular weight is 396 g/mol. The highest BCUT2D eigenvalue weighted by Crippen LogP contribution is 2.18. The maximum atomic E-state index is 12.8. The van der Waals surface area contributed by atoms with Crippen molar-refractivity contribution in [3.8, 4) is 0 Å². The topological polar surface area (TPSA) is 73.9 Å². The molecule has 7 heteroatoms. The van der Waals surface area contributed by atoms with E-state index in [1.54, 1.807) is 29.2 Å². The van der Waals surface area contributed by atoms with Crippen LogP contribution < -0.4 is 15.5 Å². The van der Waals surface area contributed by atoms with E-state index >= 15 is 0 Å². The van der Waals surface area contributed by atoms with E-state index in [0.29, 0.717) is 44.1 Å². The summed E-state index contributed by atoms with van der Waals surface area (Å²) in [6, 6.07) is 16.9. The summed E-state index contributed by atoms with van der Waals surface area (Å²) < 4.78 is 5.30. The summed E-state index contributed by atoms with van der Waals surface area (Å²) in [6.07, 6.45) is 0.813. The summed E-state index contributed by atoms with van der Waals surface area (Å²) in [4.78, 5) is 29.0. The highest BCUT2D eigenvalue weighted by atomic mass is 16.5. The van der Waals surface area contributed by atoms with Crippen LogP contribution in [0.15, 0.2) is 54.6 Å². The lowest BCUT2D eigenvalue weighted by atomic mass is 10.1. The van der Waals surface area contributed by atoms with Crippen LogP contribution in [0.5, 0.6) is 0 Å². The maximum Gasteiger partial charge on any atom is 0.319 e. The quantitative estimate of drug-likeness (QED) is 0.706. The highest BCUT2D eigenvalue weighted by Gasteiger charge is 2.21. The van der Waals surface area contributed by atoms with Gasteiger partial charge in [-0.25, -0.2) is 4.79 Å². The zero-order valence-electron chi connectivity index (χ0n) is 16.8. The van der Waals surface area contributed by atoms with Gasteiger partial charge >= 0.3 is 6.03 Å². The standard InChI is InChI=1S/C22H28N4O3/c1-25(18-8-3-2-4-9-18)13-7-12-23-22(28)24-20-11-6-5-10-19(20)21(27)26-14-16-29-17-15-26/h2-6,8-11H,7,12-17H2,1H3,(H2,23,24,28). The van der Waals surface area contributed by atoms with Gasteiger partial charge < -0.3 is 25.2 Å². The van der Waals surface area contributed by atoms with Gasteiger partial charge in [-0.1, -0.05) is 30.3 Å². The van der Waals surface area contributed by atoms with Crippen LogP contribution in [0.4, 0.5) is 16.2 Å². The Morgan fingerprint density at radius 1 is 1.03 bits per heavy atom. The van der Waals surface area contributed by atoms with Crippen molar-refractivity contribution < 1.29 is 14.3 Å².